The molecule has 1 aromatic heterocycles. The Morgan fingerprint density at radius 3 is 3.00 bits per heavy atom. The molecule has 0 amide bonds. The van der Waals surface area contributed by atoms with Gasteiger partial charge in [0.1, 0.15) is 0 Å². The molecule has 0 spiro atoms. The van der Waals surface area contributed by atoms with Crippen LogP contribution in [-0.4, -0.2) is 23.0 Å². The largest absolute Gasteiger partial charge is 0.396 e. The molecule has 18 heavy (non-hydrogen) atoms. The van der Waals surface area contributed by atoms with Gasteiger partial charge in [0.05, 0.1) is 23.1 Å². The van der Waals surface area contributed by atoms with Crippen molar-refractivity contribution >= 4 is 50.0 Å². The van der Waals surface area contributed by atoms with Crippen molar-refractivity contribution in [2.75, 3.05) is 23.9 Å². The Bertz CT molecular complexity index is 554. The number of hydrogen-bond donors (Lipinski definition) is 2. The number of nitrogens with zero attached hydrogens (tertiary/aromatic N) is 1. The highest BCUT2D eigenvalue weighted by Gasteiger charge is 2.08. The highest BCUT2D eigenvalue weighted by atomic mass is 79.9. The van der Waals surface area contributed by atoms with Crippen molar-refractivity contribution in [3.63, 3.8) is 0 Å². The number of nitrogen functional groups attached to an aromatic ring is 1. The normalized spacial score (nSPS) is 12.6. The number of halogens is 1. The van der Waals surface area contributed by atoms with Crippen LogP contribution >= 0.6 is 27.7 Å². The lowest BCUT2D eigenvalue weighted by molar-refractivity contribution is 1.01. The molecule has 0 radical (unpaired) electrons. The molecular formula is C13H16BrN3S. The number of fused-ring (bicyclic) bond motifs is 1. The molecule has 2 rings (SSSR count). The second kappa shape index (κ2) is 5.80. The van der Waals surface area contributed by atoms with Gasteiger partial charge in [-0.15, -0.1) is 0 Å². The minimum absolute atomic E-state index is 0.541. The molecule has 0 aliphatic rings. The Hall–Kier alpha value is -0.940. The molecule has 0 bridgehead atoms. The lowest BCUT2D eigenvalue weighted by atomic mass is 10.1. The Morgan fingerprint density at radius 1 is 1.50 bits per heavy atom. The lowest BCUT2D eigenvalue weighted by Gasteiger charge is -2.15. The van der Waals surface area contributed by atoms with Gasteiger partial charge >= 0.3 is 0 Å². The predicted octanol–water partition coefficient (Wildman–Crippen LogP) is 3.74. The van der Waals surface area contributed by atoms with Crippen LogP contribution in [0.3, 0.4) is 0 Å². The minimum Gasteiger partial charge on any atom is -0.396 e. The molecule has 1 heterocycles. The Morgan fingerprint density at radius 2 is 2.28 bits per heavy atom. The number of nitrogens with two attached hydrogens (primary N) is 1. The van der Waals surface area contributed by atoms with Gasteiger partial charge in [0, 0.05) is 21.7 Å². The van der Waals surface area contributed by atoms with Crippen molar-refractivity contribution in [1.29, 1.82) is 0 Å². The zero-order valence-corrected chi connectivity index (χ0v) is 12.8. The third-order valence-electron chi connectivity index (χ3n) is 2.83. The fourth-order valence-corrected chi connectivity index (χ4v) is 2.32. The van der Waals surface area contributed by atoms with E-state index in [1.54, 1.807) is 6.20 Å². The van der Waals surface area contributed by atoms with Crippen LogP contribution in [0.4, 0.5) is 11.4 Å². The van der Waals surface area contributed by atoms with Crippen molar-refractivity contribution in [3.8, 4) is 0 Å². The summed E-state index contributed by atoms with van der Waals surface area (Å²) in [6, 6.07) is 6.02. The summed E-state index contributed by atoms with van der Waals surface area (Å²) in [4.78, 5) is 4.34. The third kappa shape index (κ3) is 2.90. The number of hydrogen-bond acceptors (Lipinski definition) is 4. The standard InChI is InChI=1S/C13H16BrN3S/c1-8(18-2)6-17-13-10-5-9(14)3-4-12(10)16-7-11(13)15/h3-5,7-8H,6,15H2,1-2H3,(H,16,17). The summed E-state index contributed by atoms with van der Waals surface area (Å²) in [5, 5.41) is 5.02. The molecule has 0 fully saturated rings. The summed E-state index contributed by atoms with van der Waals surface area (Å²) in [6.07, 6.45) is 3.82. The van der Waals surface area contributed by atoms with E-state index >= 15 is 0 Å². The zero-order valence-electron chi connectivity index (χ0n) is 10.4. The maximum atomic E-state index is 6.02. The van der Waals surface area contributed by atoms with Crippen molar-refractivity contribution in [3.05, 3.63) is 28.9 Å². The van der Waals surface area contributed by atoms with Gasteiger partial charge in [0.2, 0.25) is 0 Å². The Kier molecular flexibility index (Phi) is 4.35. The topological polar surface area (TPSA) is 50.9 Å². The van der Waals surface area contributed by atoms with E-state index in [0.29, 0.717) is 10.9 Å². The van der Waals surface area contributed by atoms with Crippen LogP contribution in [0, 0.1) is 0 Å². The smallest absolute Gasteiger partial charge is 0.0743 e. The second-order valence-corrected chi connectivity index (χ2v) is 6.37. The van der Waals surface area contributed by atoms with E-state index in [-0.39, 0.29) is 0 Å². The van der Waals surface area contributed by atoms with E-state index in [9.17, 15) is 0 Å². The molecule has 0 saturated heterocycles. The number of nitrogens with one attached hydrogen (secondary N) is 1. The first kappa shape index (κ1) is 13.5. The monoisotopic (exact) mass is 325 g/mol. The second-order valence-electron chi connectivity index (χ2n) is 4.18. The summed E-state index contributed by atoms with van der Waals surface area (Å²) in [6.45, 7) is 3.07. The lowest BCUT2D eigenvalue weighted by Crippen LogP contribution is -2.14. The van der Waals surface area contributed by atoms with Crippen LogP contribution in [0.1, 0.15) is 6.92 Å². The van der Waals surface area contributed by atoms with Crippen LogP contribution < -0.4 is 11.1 Å². The molecular weight excluding hydrogens is 310 g/mol. The number of aromatic nitrogens is 1. The van der Waals surface area contributed by atoms with Crippen LogP contribution in [0.5, 0.6) is 0 Å². The average Bonchev–Trinajstić information content (AvgIpc) is 2.37. The van der Waals surface area contributed by atoms with E-state index in [4.69, 9.17) is 5.73 Å². The van der Waals surface area contributed by atoms with Crippen LogP contribution in [-0.2, 0) is 0 Å². The van der Waals surface area contributed by atoms with Gasteiger partial charge < -0.3 is 11.1 Å². The summed E-state index contributed by atoms with van der Waals surface area (Å²) < 4.78 is 1.03. The molecule has 3 N–H and O–H groups in total. The third-order valence-corrected chi connectivity index (χ3v) is 4.29. The zero-order chi connectivity index (χ0) is 13.1. The fourth-order valence-electron chi connectivity index (χ4n) is 1.71. The Labute approximate surface area is 120 Å². The number of thioether (sulfide) groups is 1. The summed E-state index contributed by atoms with van der Waals surface area (Å²) in [5.74, 6) is 0. The highest BCUT2D eigenvalue weighted by Crippen LogP contribution is 2.30. The molecule has 5 heteroatoms. The van der Waals surface area contributed by atoms with Gasteiger partial charge in [0.25, 0.3) is 0 Å². The van der Waals surface area contributed by atoms with E-state index in [2.05, 4.69) is 39.4 Å². The quantitative estimate of drug-likeness (QED) is 0.899. The molecule has 0 aliphatic heterocycles. The van der Waals surface area contributed by atoms with Crippen LogP contribution in [0.2, 0.25) is 0 Å². The number of benzene rings is 1. The molecule has 0 saturated carbocycles. The van der Waals surface area contributed by atoms with Crippen molar-refractivity contribution in [2.45, 2.75) is 12.2 Å². The van der Waals surface area contributed by atoms with Crippen LogP contribution in [0.25, 0.3) is 10.9 Å². The first-order chi connectivity index (χ1) is 8.61. The maximum absolute atomic E-state index is 6.02. The summed E-state index contributed by atoms with van der Waals surface area (Å²) >= 11 is 5.31. The summed E-state index contributed by atoms with van der Waals surface area (Å²) in [5.41, 5.74) is 8.63. The van der Waals surface area contributed by atoms with Gasteiger partial charge in [0.15, 0.2) is 0 Å². The molecule has 96 valence electrons. The molecule has 1 aromatic carbocycles. The molecule has 0 aliphatic carbocycles. The van der Waals surface area contributed by atoms with Crippen LogP contribution in [0.15, 0.2) is 28.9 Å². The first-order valence-corrected chi connectivity index (χ1v) is 7.80. The molecule has 3 nitrogen and oxygen atoms in total. The number of anilines is 2. The Balaban J connectivity index is 2.40. The van der Waals surface area contributed by atoms with Crippen molar-refractivity contribution in [2.24, 2.45) is 0 Å². The van der Waals surface area contributed by atoms with Gasteiger partial charge in [-0.05, 0) is 24.5 Å². The molecule has 1 atom stereocenters. The summed E-state index contributed by atoms with van der Waals surface area (Å²) in [7, 11) is 0. The average molecular weight is 326 g/mol. The van der Waals surface area contributed by atoms with Crippen molar-refractivity contribution in [1.82, 2.24) is 4.98 Å². The first-order valence-electron chi connectivity index (χ1n) is 5.72. The van der Waals surface area contributed by atoms with Gasteiger partial charge in [-0.3, -0.25) is 4.98 Å². The predicted molar refractivity (Wildman–Crippen MR) is 85.3 cm³/mol. The molecule has 2 aromatic rings. The fraction of sp³-hybridized carbons (Fsp3) is 0.308. The highest BCUT2D eigenvalue weighted by molar-refractivity contribution is 9.10. The molecule has 1 unspecified atom stereocenters. The van der Waals surface area contributed by atoms with Gasteiger partial charge in [-0.25, -0.2) is 0 Å². The maximum Gasteiger partial charge on any atom is 0.0743 e. The van der Waals surface area contributed by atoms with Gasteiger partial charge in [-0.1, -0.05) is 22.9 Å². The number of rotatable bonds is 4. The van der Waals surface area contributed by atoms with E-state index in [1.165, 1.54) is 0 Å². The van der Waals surface area contributed by atoms with E-state index in [0.717, 1.165) is 27.6 Å². The SMILES string of the molecule is CSC(C)CNc1c(N)cnc2ccc(Br)cc12. The van der Waals surface area contributed by atoms with Gasteiger partial charge in [-0.2, -0.15) is 11.8 Å². The van der Waals surface area contributed by atoms with E-state index in [1.807, 2.05) is 30.0 Å². The van der Waals surface area contributed by atoms with Crippen molar-refractivity contribution < 1.29 is 0 Å². The minimum atomic E-state index is 0.541. The number of pyridine rings is 1. The van der Waals surface area contributed by atoms with E-state index < -0.39 is 0 Å².